The summed E-state index contributed by atoms with van der Waals surface area (Å²) in [5.74, 6) is -1.27. The van der Waals surface area contributed by atoms with Crippen LogP contribution in [0.3, 0.4) is 0 Å². The van der Waals surface area contributed by atoms with E-state index in [2.05, 4.69) is 18.4 Å². The van der Waals surface area contributed by atoms with Gasteiger partial charge in [0, 0.05) is 29.2 Å². The number of carbonyl (C=O) groups excluding carboxylic acids is 2. The number of amides is 1. The first-order chi connectivity index (χ1) is 16.8. The first-order valence-corrected chi connectivity index (χ1v) is 12.4. The van der Waals surface area contributed by atoms with E-state index in [9.17, 15) is 14.7 Å². The van der Waals surface area contributed by atoms with Crippen molar-refractivity contribution >= 4 is 28.7 Å². The zero-order valence-corrected chi connectivity index (χ0v) is 21.1. The zero-order valence-electron chi connectivity index (χ0n) is 20.3. The van der Waals surface area contributed by atoms with E-state index >= 15 is 0 Å². The topological polar surface area (TPSA) is 76.1 Å². The second-order valence-corrected chi connectivity index (χ2v) is 9.85. The molecule has 0 bridgehead atoms. The molecule has 0 spiro atoms. The van der Waals surface area contributed by atoms with Crippen LogP contribution in [0.5, 0.6) is 5.75 Å². The van der Waals surface area contributed by atoms with E-state index in [1.165, 1.54) is 9.78 Å². The van der Waals surface area contributed by atoms with Crippen LogP contribution in [-0.4, -0.2) is 37.1 Å². The van der Waals surface area contributed by atoms with Crippen molar-refractivity contribution in [1.29, 1.82) is 0 Å². The van der Waals surface area contributed by atoms with Crippen molar-refractivity contribution in [2.75, 3.05) is 25.2 Å². The lowest BCUT2D eigenvalue weighted by molar-refractivity contribution is -0.119. The summed E-state index contributed by atoms with van der Waals surface area (Å²) in [5, 5.41) is 13.0. The molecule has 35 heavy (non-hydrogen) atoms. The van der Waals surface area contributed by atoms with Gasteiger partial charge in [-0.2, -0.15) is 0 Å². The van der Waals surface area contributed by atoms with Gasteiger partial charge in [0.15, 0.2) is 11.5 Å². The Balaban J connectivity index is 1.79. The molecule has 4 rings (SSSR count). The SMILES string of the molecule is COCCOc1ccccc1C1C(C(=O)C(C)C)=C(O)C(=O)N1c1ccc(-c2csc(C)c2)cc1. The molecule has 7 heteroatoms. The third kappa shape index (κ3) is 4.88. The van der Waals surface area contributed by atoms with E-state index in [4.69, 9.17) is 9.47 Å². The van der Waals surface area contributed by atoms with Crippen LogP contribution >= 0.6 is 11.3 Å². The number of Topliss-reactive ketones (excluding diaryl/α,β-unsaturated/α-hetero) is 1. The summed E-state index contributed by atoms with van der Waals surface area (Å²) in [6.07, 6.45) is 0. The third-order valence-corrected chi connectivity index (χ3v) is 6.83. The van der Waals surface area contributed by atoms with Gasteiger partial charge in [0.1, 0.15) is 12.4 Å². The number of ketones is 1. The highest BCUT2D eigenvalue weighted by Crippen LogP contribution is 2.45. The van der Waals surface area contributed by atoms with Gasteiger partial charge < -0.3 is 14.6 Å². The number of benzene rings is 2. The monoisotopic (exact) mass is 491 g/mol. The van der Waals surface area contributed by atoms with Crippen molar-refractivity contribution in [2.24, 2.45) is 5.92 Å². The molecule has 1 unspecified atom stereocenters. The Bertz CT molecular complexity index is 1260. The Morgan fingerprint density at radius 3 is 2.43 bits per heavy atom. The van der Waals surface area contributed by atoms with E-state index in [1.807, 2.05) is 42.5 Å². The van der Waals surface area contributed by atoms with E-state index in [0.29, 0.717) is 30.2 Å². The van der Waals surface area contributed by atoms with Crippen LogP contribution in [0, 0.1) is 12.8 Å². The summed E-state index contributed by atoms with van der Waals surface area (Å²) in [4.78, 5) is 29.3. The van der Waals surface area contributed by atoms with E-state index < -0.39 is 23.6 Å². The minimum Gasteiger partial charge on any atom is -0.503 e. The second-order valence-electron chi connectivity index (χ2n) is 8.73. The fourth-order valence-corrected chi connectivity index (χ4v) is 4.92. The van der Waals surface area contributed by atoms with Gasteiger partial charge in [-0.05, 0) is 47.7 Å². The van der Waals surface area contributed by atoms with Crippen molar-refractivity contribution in [1.82, 2.24) is 0 Å². The van der Waals surface area contributed by atoms with Crippen molar-refractivity contribution in [3.05, 3.63) is 81.8 Å². The van der Waals surface area contributed by atoms with Gasteiger partial charge in [-0.1, -0.05) is 44.2 Å². The summed E-state index contributed by atoms with van der Waals surface area (Å²) < 4.78 is 11.0. The molecule has 6 nitrogen and oxygen atoms in total. The first-order valence-electron chi connectivity index (χ1n) is 11.5. The van der Waals surface area contributed by atoms with Crippen molar-refractivity contribution in [3.8, 4) is 16.9 Å². The molecule has 2 heterocycles. The van der Waals surface area contributed by atoms with Crippen LogP contribution in [-0.2, 0) is 14.3 Å². The maximum atomic E-state index is 13.4. The quantitative estimate of drug-likeness (QED) is 0.379. The molecule has 0 saturated heterocycles. The molecule has 1 amide bonds. The van der Waals surface area contributed by atoms with E-state index in [-0.39, 0.29) is 11.4 Å². The summed E-state index contributed by atoms with van der Waals surface area (Å²) in [7, 11) is 1.59. The fraction of sp³-hybridized carbons (Fsp3) is 0.286. The highest BCUT2D eigenvalue weighted by molar-refractivity contribution is 7.10. The minimum absolute atomic E-state index is 0.0883. The number of aliphatic hydroxyl groups is 1. The number of anilines is 1. The molecule has 1 atom stereocenters. The maximum absolute atomic E-state index is 13.4. The lowest BCUT2D eigenvalue weighted by Gasteiger charge is -2.29. The number of aliphatic hydroxyl groups excluding tert-OH is 1. The summed E-state index contributed by atoms with van der Waals surface area (Å²) in [5.41, 5.74) is 3.44. The predicted octanol–water partition coefficient (Wildman–Crippen LogP) is 5.87. The van der Waals surface area contributed by atoms with Crippen LogP contribution in [0.15, 0.2) is 71.3 Å². The van der Waals surface area contributed by atoms with Gasteiger partial charge in [-0.25, -0.2) is 0 Å². The summed E-state index contributed by atoms with van der Waals surface area (Å²) in [6, 6.07) is 16.2. The highest BCUT2D eigenvalue weighted by atomic mass is 32.1. The lowest BCUT2D eigenvalue weighted by Crippen LogP contribution is -2.31. The normalized spacial score (nSPS) is 15.9. The predicted molar refractivity (Wildman–Crippen MR) is 138 cm³/mol. The Morgan fingerprint density at radius 1 is 1.09 bits per heavy atom. The van der Waals surface area contributed by atoms with Crippen LogP contribution in [0.1, 0.15) is 30.3 Å². The average Bonchev–Trinajstić information content (AvgIpc) is 3.40. The van der Waals surface area contributed by atoms with Gasteiger partial charge >= 0.3 is 0 Å². The van der Waals surface area contributed by atoms with E-state index in [0.717, 1.165) is 11.1 Å². The third-order valence-electron chi connectivity index (χ3n) is 5.97. The number of nitrogens with zero attached hydrogens (tertiary/aromatic N) is 1. The average molecular weight is 492 g/mol. The zero-order chi connectivity index (χ0) is 25.1. The number of carbonyl (C=O) groups is 2. The fourth-order valence-electron chi connectivity index (χ4n) is 4.21. The standard InChI is InChI=1S/C28H29NO5S/c1-17(2)26(30)24-25(22-7-5-6-8-23(22)34-14-13-33-4)29(28(32)27(24)31)21-11-9-19(10-12-21)20-15-18(3)35-16-20/h5-12,15-17,25,31H,13-14H2,1-4H3. The van der Waals surface area contributed by atoms with Gasteiger partial charge in [0.05, 0.1) is 18.2 Å². The molecule has 1 aliphatic heterocycles. The number of ether oxygens (including phenoxy) is 2. The molecule has 2 aromatic carbocycles. The highest BCUT2D eigenvalue weighted by Gasteiger charge is 2.45. The number of thiophene rings is 1. The number of methoxy groups -OCH3 is 1. The Labute approximate surface area is 209 Å². The lowest BCUT2D eigenvalue weighted by atomic mass is 9.90. The molecule has 0 fully saturated rings. The Kier molecular flexibility index (Phi) is 7.38. The molecule has 1 aliphatic rings. The van der Waals surface area contributed by atoms with Gasteiger partial charge in [0.25, 0.3) is 5.91 Å². The van der Waals surface area contributed by atoms with E-state index in [1.54, 1.807) is 38.4 Å². The number of rotatable bonds is 9. The van der Waals surface area contributed by atoms with Crippen LogP contribution in [0.4, 0.5) is 5.69 Å². The first kappa shape index (κ1) is 24.7. The number of para-hydroxylation sites is 1. The van der Waals surface area contributed by atoms with Gasteiger partial charge in [-0.3, -0.25) is 14.5 Å². The smallest absolute Gasteiger partial charge is 0.294 e. The molecule has 1 aromatic heterocycles. The molecular weight excluding hydrogens is 462 g/mol. The molecule has 0 aliphatic carbocycles. The second kappa shape index (κ2) is 10.5. The minimum atomic E-state index is -0.814. The molecule has 182 valence electrons. The van der Waals surface area contributed by atoms with Crippen molar-refractivity contribution in [3.63, 3.8) is 0 Å². The van der Waals surface area contributed by atoms with Crippen molar-refractivity contribution in [2.45, 2.75) is 26.8 Å². The largest absolute Gasteiger partial charge is 0.503 e. The maximum Gasteiger partial charge on any atom is 0.294 e. The van der Waals surface area contributed by atoms with Crippen LogP contribution < -0.4 is 9.64 Å². The van der Waals surface area contributed by atoms with Gasteiger partial charge in [-0.15, -0.1) is 11.3 Å². The number of aryl methyl sites for hydroxylation is 1. The molecule has 1 N–H and O–H groups in total. The molecular formula is C28H29NO5S. The summed E-state index contributed by atoms with van der Waals surface area (Å²) in [6.45, 7) is 6.27. The molecule has 3 aromatic rings. The number of hydrogen-bond donors (Lipinski definition) is 1. The molecule has 0 saturated carbocycles. The van der Waals surface area contributed by atoms with Crippen LogP contribution in [0.2, 0.25) is 0 Å². The Morgan fingerprint density at radius 2 is 1.80 bits per heavy atom. The molecule has 0 radical (unpaired) electrons. The van der Waals surface area contributed by atoms with Gasteiger partial charge in [0.2, 0.25) is 0 Å². The Hall–Kier alpha value is -3.42. The number of hydrogen-bond acceptors (Lipinski definition) is 6. The van der Waals surface area contributed by atoms with Crippen LogP contribution in [0.25, 0.3) is 11.1 Å². The van der Waals surface area contributed by atoms with Crippen molar-refractivity contribution < 1.29 is 24.2 Å². The summed E-state index contributed by atoms with van der Waals surface area (Å²) >= 11 is 1.68.